The molecule has 3 N–H and O–H groups in total. The average Bonchev–Trinajstić information content (AvgIpc) is 2.45. The number of methoxy groups -OCH3 is 1. The standard InChI is InChI=1S/C15H25N3O2/c1-11(9-10-20-4)17-15(19)18-14-7-5-13(6-8-14)12(2)16-3/h5-8,11-12,16H,9-10H2,1-4H3,(H2,17,18,19). The Hall–Kier alpha value is -1.59. The van der Waals surface area contributed by atoms with Crippen molar-refractivity contribution in [3.05, 3.63) is 29.8 Å². The lowest BCUT2D eigenvalue weighted by atomic mass is 10.1. The summed E-state index contributed by atoms with van der Waals surface area (Å²) in [4.78, 5) is 11.8. The molecule has 2 unspecified atom stereocenters. The van der Waals surface area contributed by atoms with Crippen LogP contribution in [0.5, 0.6) is 0 Å². The highest BCUT2D eigenvalue weighted by molar-refractivity contribution is 5.89. The fourth-order valence-electron chi connectivity index (χ4n) is 1.78. The number of urea groups is 1. The maximum Gasteiger partial charge on any atom is 0.319 e. The smallest absolute Gasteiger partial charge is 0.319 e. The monoisotopic (exact) mass is 279 g/mol. The second kappa shape index (κ2) is 8.55. The molecule has 5 heteroatoms. The molecule has 0 aliphatic rings. The first-order chi connectivity index (χ1) is 9.56. The Balaban J connectivity index is 2.45. The van der Waals surface area contributed by atoms with E-state index >= 15 is 0 Å². The van der Waals surface area contributed by atoms with E-state index in [1.807, 2.05) is 38.2 Å². The van der Waals surface area contributed by atoms with Crippen molar-refractivity contribution in [2.45, 2.75) is 32.4 Å². The Morgan fingerprint density at radius 3 is 2.45 bits per heavy atom. The van der Waals surface area contributed by atoms with E-state index in [-0.39, 0.29) is 12.1 Å². The Kier molecular flexibility index (Phi) is 7.04. The fraction of sp³-hybridized carbons (Fsp3) is 0.533. The zero-order valence-corrected chi connectivity index (χ0v) is 12.7. The summed E-state index contributed by atoms with van der Waals surface area (Å²) in [5.41, 5.74) is 1.97. The highest BCUT2D eigenvalue weighted by Gasteiger charge is 2.07. The van der Waals surface area contributed by atoms with Gasteiger partial charge in [-0.1, -0.05) is 12.1 Å². The number of nitrogens with one attached hydrogen (secondary N) is 3. The minimum atomic E-state index is -0.192. The van der Waals surface area contributed by atoms with Crippen molar-refractivity contribution in [1.29, 1.82) is 0 Å². The molecule has 1 aromatic carbocycles. The zero-order valence-electron chi connectivity index (χ0n) is 12.7. The van der Waals surface area contributed by atoms with Crippen molar-refractivity contribution >= 4 is 11.7 Å². The molecule has 0 aliphatic carbocycles. The van der Waals surface area contributed by atoms with Gasteiger partial charge in [-0.3, -0.25) is 0 Å². The summed E-state index contributed by atoms with van der Waals surface area (Å²) in [6.45, 7) is 4.68. The normalized spacial score (nSPS) is 13.6. The number of benzene rings is 1. The van der Waals surface area contributed by atoms with E-state index in [1.165, 1.54) is 5.56 Å². The summed E-state index contributed by atoms with van der Waals surface area (Å²) in [5.74, 6) is 0. The first kappa shape index (κ1) is 16.5. The van der Waals surface area contributed by atoms with Gasteiger partial charge in [0.05, 0.1) is 0 Å². The molecule has 0 saturated carbocycles. The number of rotatable bonds is 7. The fourth-order valence-corrected chi connectivity index (χ4v) is 1.78. The van der Waals surface area contributed by atoms with Crippen LogP contribution in [0, 0.1) is 0 Å². The van der Waals surface area contributed by atoms with Crippen LogP contribution in [0.2, 0.25) is 0 Å². The predicted molar refractivity (Wildman–Crippen MR) is 82.0 cm³/mol. The van der Waals surface area contributed by atoms with Crippen molar-refractivity contribution in [2.24, 2.45) is 0 Å². The summed E-state index contributed by atoms with van der Waals surface area (Å²) in [7, 11) is 3.58. The molecular formula is C15H25N3O2. The lowest BCUT2D eigenvalue weighted by Gasteiger charge is -2.15. The molecule has 0 aromatic heterocycles. The summed E-state index contributed by atoms with van der Waals surface area (Å²) in [6.07, 6.45) is 0.794. The predicted octanol–water partition coefficient (Wildman–Crippen LogP) is 2.51. The van der Waals surface area contributed by atoms with Crippen molar-refractivity contribution in [3.8, 4) is 0 Å². The maximum atomic E-state index is 11.8. The minimum Gasteiger partial charge on any atom is -0.385 e. The molecule has 1 rings (SSSR count). The van der Waals surface area contributed by atoms with Crippen LogP contribution in [0.3, 0.4) is 0 Å². The number of hydrogen-bond donors (Lipinski definition) is 3. The Labute approximate surface area is 121 Å². The van der Waals surface area contributed by atoms with E-state index in [1.54, 1.807) is 7.11 Å². The minimum absolute atomic E-state index is 0.0820. The van der Waals surface area contributed by atoms with Gasteiger partial charge in [-0.05, 0) is 45.0 Å². The van der Waals surface area contributed by atoms with Gasteiger partial charge in [0.25, 0.3) is 0 Å². The van der Waals surface area contributed by atoms with Gasteiger partial charge in [0.2, 0.25) is 0 Å². The third kappa shape index (κ3) is 5.59. The number of ether oxygens (including phenoxy) is 1. The van der Waals surface area contributed by atoms with Crippen LogP contribution in [0.1, 0.15) is 31.9 Å². The van der Waals surface area contributed by atoms with E-state index in [4.69, 9.17) is 4.74 Å². The molecule has 0 aliphatic heterocycles. The molecule has 0 radical (unpaired) electrons. The second-order valence-corrected chi connectivity index (χ2v) is 4.91. The molecule has 2 atom stereocenters. The van der Waals surface area contributed by atoms with Gasteiger partial charge < -0.3 is 20.7 Å². The summed E-state index contributed by atoms with van der Waals surface area (Å²) in [6, 6.07) is 8.01. The van der Waals surface area contributed by atoms with Crippen molar-refractivity contribution in [2.75, 3.05) is 26.1 Å². The molecule has 0 fully saturated rings. The van der Waals surface area contributed by atoms with Gasteiger partial charge in [-0.25, -0.2) is 4.79 Å². The van der Waals surface area contributed by atoms with Gasteiger partial charge >= 0.3 is 6.03 Å². The number of amides is 2. The van der Waals surface area contributed by atoms with Gasteiger partial charge in [-0.15, -0.1) is 0 Å². The summed E-state index contributed by atoms with van der Waals surface area (Å²) >= 11 is 0. The summed E-state index contributed by atoms with van der Waals surface area (Å²) in [5, 5.41) is 8.87. The lowest BCUT2D eigenvalue weighted by Crippen LogP contribution is -2.36. The van der Waals surface area contributed by atoms with Gasteiger partial charge in [0, 0.05) is 31.5 Å². The van der Waals surface area contributed by atoms with Crippen LogP contribution >= 0.6 is 0 Å². The number of carbonyl (C=O) groups excluding carboxylic acids is 1. The molecule has 5 nitrogen and oxygen atoms in total. The van der Waals surface area contributed by atoms with E-state index in [2.05, 4.69) is 22.9 Å². The first-order valence-electron chi connectivity index (χ1n) is 6.90. The Morgan fingerprint density at radius 2 is 1.90 bits per heavy atom. The highest BCUT2D eigenvalue weighted by atomic mass is 16.5. The van der Waals surface area contributed by atoms with Crippen molar-refractivity contribution in [3.63, 3.8) is 0 Å². The van der Waals surface area contributed by atoms with Gasteiger partial charge in [0.1, 0.15) is 0 Å². The number of hydrogen-bond acceptors (Lipinski definition) is 3. The topological polar surface area (TPSA) is 62.4 Å². The zero-order chi connectivity index (χ0) is 15.0. The van der Waals surface area contributed by atoms with E-state index < -0.39 is 0 Å². The number of anilines is 1. The SMILES string of the molecule is CNC(C)c1ccc(NC(=O)NC(C)CCOC)cc1. The van der Waals surface area contributed by atoms with E-state index in [0.717, 1.165) is 12.1 Å². The van der Waals surface area contributed by atoms with Crippen LogP contribution in [0.25, 0.3) is 0 Å². The molecule has 0 spiro atoms. The molecule has 1 aromatic rings. The van der Waals surface area contributed by atoms with E-state index in [0.29, 0.717) is 12.6 Å². The third-order valence-electron chi connectivity index (χ3n) is 3.23. The van der Waals surface area contributed by atoms with Crippen LogP contribution in [0.4, 0.5) is 10.5 Å². The van der Waals surface area contributed by atoms with Crippen LogP contribution in [-0.4, -0.2) is 32.8 Å². The van der Waals surface area contributed by atoms with Gasteiger partial charge in [-0.2, -0.15) is 0 Å². The van der Waals surface area contributed by atoms with Gasteiger partial charge in [0.15, 0.2) is 0 Å². The Morgan fingerprint density at radius 1 is 1.25 bits per heavy atom. The molecular weight excluding hydrogens is 254 g/mol. The van der Waals surface area contributed by atoms with Crippen molar-refractivity contribution < 1.29 is 9.53 Å². The van der Waals surface area contributed by atoms with Crippen LogP contribution in [0.15, 0.2) is 24.3 Å². The van der Waals surface area contributed by atoms with E-state index in [9.17, 15) is 4.79 Å². The van der Waals surface area contributed by atoms with Crippen LogP contribution in [-0.2, 0) is 4.74 Å². The first-order valence-corrected chi connectivity index (χ1v) is 6.90. The number of carbonyl (C=O) groups is 1. The average molecular weight is 279 g/mol. The molecule has 0 heterocycles. The molecule has 2 amide bonds. The molecule has 0 saturated heterocycles. The molecule has 0 bridgehead atoms. The largest absolute Gasteiger partial charge is 0.385 e. The maximum absolute atomic E-state index is 11.8. The van der Waals surface area contributed by atoms with Crippen molar-refractivity contribution in [1.82, 2.24) is 10.6 Å². The highest BCUT2D eigenvalue weighted by Crippen LogP contribution is 2.15. The second-order valence-electron chi connectivity index (χ2n) is 4.91. The van der Waals surface area contributed by atoms with Crippen LogP contribution < -0.4 is 16.0 Å². The molecule has 112 valence electrons. The quantitative estimate of drug-likeness (QED) is 0.718. The molecule has 20 heavy (non-hydrogen) atoms. The third-order valence-corrected chi connectivity index (χ3v) is 3.23. The summed E-state index contributed by atoms with van der Waals surface area (Å²) < 4.78 is 4.98. The Bertz CT molecular complexity index is 406. The lowest BCUT2D eigenvalue weighted by molar-refractivity contribution is 0.185.